The van der Waals surface area contributed by atoms with E-state index in [0.717, 1.165) is 43.6 Å². The molecule has 1 aromatic heterocycles. The normalized spacial score (nSPS) is 29.4. The molecule has 3 atom stereocenters. The smallest absolute Gasteiger partial charge is 0.131 e. The summed E-state index contributed by atoms with van der Waals surface area (Å²) in [5.41, 5.74) is 2.73. The highest BCUT2D eigenvalue weighted by Gasteiger charge is 2.27. The summed E-state index contributed by atoms with van der Waals surface area (Å²) in [6.07, 6.45) is 9.60. The Morgan fingerprint density at radius 1 is 1.30 bits per heavy atom. The largest absolute Gasteiger partial charge is 0.317 e. The summed E-state index contributed by atoms with van der Waals surface area (Å²) in [5.74, 6) is 3.36. The summed E-state index contributed by atoms with van der Waals surface area (Å²) in [7, 11) is 0. The van der Waals surface area contributed by atoms with Gasteiger partial charge in [-0.3, -0.25) is 0 Å². The Bertz CT molecular complexity index is 458. The Balaban J connectivity index is 1.68. The van der Waals surface area contributed by atoms with Crippen molar-refractivity contribution in [2.75, 3.05) is 13.1 Å². The number of aromatic nitrogens is 2. The van der Waals surface area contributed by atoms with Crippen LogP contribution in [0.15, 0.2) is 6.20 Å². The molecule has 20 heavy (non-hydrogen) atoms. The summed E-state index contributed by atoms with van der Waals surface area (Å²) >= 11 is 0. The first-order valence-corrected chi connectivity index (χ1v) is 8.31. The van der Waals surface area contributed by atoms with Crippen LogP contribution in [0.4, 0.5) is 0 Å². The molecule has 3 unspecified atom stereocenters. The molecule has 110 valence electrons. The van der Waals surface area contributed by atoms with Gasteiger partial charge in [-0.05, 0) is 69.0 Å². The highest BCUT2D eigenvalue weighted by atomic mass is 14.9. The Hall–Kier alpha value is -0.960. The Kier molecular flexibility index (Phi) is 4.35. The number of nitrogens with zero attached hydrogens (tertiary/aromatic N) is 2. The van der Waals surface area contributed by atoms with Crippen molar-refractivity contribution in [3.05, 3.63) is 23.3 Å². The van der Waals surface area contributed by atoms with Crippen LogP contribution < -0.4 is 5.32 Å². The van der Waals surface area contributed by atoms with Gasteiger partial charge in [-0.15, -0.1) is 0 Å². The van der Waals surface area contributed by atoms with Crippen molar-refractivity contribution in [3.63, 3.8) is 0 Å². The quantitative estimate of drug-likeness (QED) is 0.916. The topological polar surface area (TPSA) is 37.8 Å². The van der Waals surface area contributed by atoms with Gasteiger partial charge in [0.1, 0.15) is 5.82 Å². The van der Waals surface area contributed by atoms with Crippen molar-refractivity contribution < 1.29 is 0 Å². The molecule has 1 aromatic rings. The second-order valence-electron chi connectivity index (χ2n) is 6.73. The number of fused-ring (bicyclic) bond motifs is 1. The molecule has 3 nitrogen and oxygen atoms in total. The predicted molar refractivity (Wildman–Crippen MR) is 81.8 cm³/mol. The first-order chi connectivity index (χ1) is 9.76. The minimum absolute atomic E-state index is 0.620. The summed E-state index contributed by atoms with van der Waals surface area (Å²) in [5, 5.41) is 3.47. The molecule has 1 fully saturated rings. The van der Waals surface area contributed by atoms with E-state index in [1.165, 1.54) is 36.9 Å². The van der Waals surface area contributed by atoms with Crippen LogP contribution in [-0.4, -0.2) is 23.1 Å². The molecule has 3 heteroatoms. The first-order valence-electron chi connectivity index (χ1n) is 8.31. The van der Waals surface area contributed by atoms with Crippen LogP contribution in [0.5, 0.6) is 0 Å². The zero-order valence-corrected chi connectivity index (χ0v) is 12.9. The van der Waals surface area contributed by atoms with E-state index in [2.05, 4.69) is 25.4 Å². The lowest BCUT2D eigenvalue weighted by atomic mass is 9.87. The molecule has 0 aromatic carbocycles. The highest BCUT2D eigenvalue weighted by molar-refractivity contribution is 5.22. The van der Waals surface area contributed by atoms with Gasteiger partial charge in [0.05, 0.1) is 0 Å². The number of nitrogens with one attached hydrogen (secondary N) is 1. The van der Waals surface area contributed by atoms with E-state index in [1.54, 1.807) is 0 Å². The van der Waals surface area contributed by atoms with Gasteiger partial charge in [0, 0.05) is 17.8 Å². The molecule has 0 radical (unpaired) electrons. The number of hydrogen-bond acceptors (Lipinski definition) is 3. The molecule has 0 saturated heterocycles. The zero-order chi connectivity index (χ0) is 13.9. The van der Waals surface area contributed by atoms with Gasteiger partial charge >= 0.3 is 0 Å². The molecule has 1 N–H and O–H groups in total. The minimum atomic E-state index is 0.620. The standard InChI is InChI=1S/C17H27N3/c1-3-18-10-13-5-7-16-15(9-13)11-19-17(20-16)14-6-4-12(2)8-14/h11-14,18H,3-10H2,1-2H3. The second kappa shape index (κ2) is 6.21. The third-order valence-corrected chi connectivity index (χ3v) is 5.01. The first kappa shape index (κ1) is 14.0. The van der Waals surface area contributed by atoms with Crippen molar-refractivity contribution in [3.8, 4) is 0 Å². The lowest BCUT2D eigenvalue weighted by molar-refractivity contribution is 0.422. The predicted octanol–water partition coefficient (Wildman–Crippen LogP) is 3.09. The van der Waals surface area contributed by atoms with Crippen molar-refractivity contribution in [1.82, 2.24) is 15.3 Å². The summed E-state index contributed by atoms with van der Waals surface area (Å²) < 4.78 is 0. The SMILES string of the molecule is CCNCC1CCc2nc(C3CCC(C)C3)ncc2C1. The molecule has 0 amide bonds. The van der Waals surface area contributed by atoms with Gasteiger partial charge in [0.2, 0.25) is 0 Å². The van der Waals surface area contributed by atoms with E-state index in [9.17, 15) is 0 Å². The van der Waals surface area contributed by atoms with Crippen LogP contribution in [0.1, 0.15) is 62.5 Å². The van der Waals surface area contributed by atoms with E-state index in [0.29, 0.717) is 5.92 Å². The van der Waals surface area contributed by atoms with Gasteiger partial charge in [-0.1, -0.05) is 13.8 Å². The fourth-order valence-corrected chi connectivity index (χ4v) is 3.76. The van der Waals surface area contributed by atoms with Gasteiger partial charge in [-0.25, -0.2) is 9.97 Å². The van der Waals surface area contributed by atoms with Gasteiger partial charge in [0.25, 0.3) is 0 Å². The van der Waals surface area contributed by atoms with Crippen LogP contribution >= 0.6 is 0 Å². The average Bonchev–Trinajstić information content (AvgIpc) is 2.91. The summed E-state index contributed by atoms with van der Waals surface area (Å²) in [6, 6.07) is 0. The maximum Gasteiger partial charge on any atom is 0.131 e. The average molecular weight is 273 g/mol. The lowest BCUT2D eigenvalue weighted by Gasteiger charge is -2.24. The van der Waals surface area contributed by atoms with E-state index in [4.69, 9.17) is 9.97 Å². The van der Waals surface area contributed by atoms with E-state index < -0.39 is 0 Å². The maximum absolute atomic E-state index is 4.91. The number of hydrogen-bond donors (Lipinski definition) is 1. The highest BCUT2D eigenvalue weighted by Crippen LogP contribution is 2.37. The molecule has 3 rings (SSSR count). The molecular weight excluding hydrogens is 246 g/mol. The molecule has 0 aliphatic heterocycles. The zero-order valence-electron chi connectivity index (χ0n) is 12.9. The molecular formula is C17H27N3. The van der Waals surface area contributed by atoms with E-state index in [-0.39, 0.29) is 0 Å². The Labute approximate surface area is 122 Å². The second-order valence-corrected chi connectivity index (χ2v) is 6.73. The van der Waals surface area contributed by atoms with Crippen LogP contribution in [0.2, 0.25) is 0 Å². The minimum Gasteiger partial charge on any atom is -0.317 e. The summed E-state index contributed by atoms with van der Waals surface area (Å²) in [6.45, 7) is 6.73. The van der Waals surface area contributed by atoms with E-state index >= 15 is 0 Å². The number of aryl methyl sites for hydroxylation is 1. The molecule has 1 heterocycles. The third kappa shape index (κ3) is 3.03. The maximum atomic E-state index is 4.91. The fourth-order valence-electron chi connectivity index (χ4n) is 3.76. The van der Waals surface area contributed by atoms with Crippen molar-refractivity contribution >= 4 is 0 Å². The molecule has 0 bridgehead atoms. The summed E-state index contributed by atoms with van der Waals surface area (Å²) in [4.78, 5) is 9.60. The van der Waals surface area contributed by atoms with Crippen LogP contribution in [0.3, 0.4) is 0 Å². The van der Waals surface area contributed by atoms with Crippen molar-refractivity contribution in [2.24, 2.45) is 11.8 Å². The van der Waals surface area contributed by atoms with Gasteiger partial charge in [-0.2, -0.15) is 0 Å². The molecule has 0 spiro atoms. The van der Waals surface area contributed by atoms with E-state index in [1.807, 2.05) is 0 Å². The fraction of sp³-hybridized carbons (Fsp3) is 0.765. The van der Waals surface area contributed by atoms with Gasteiger partial charge < -0.3 is 5.32 Å². The lowest BCUT2D eigenvalue weighted by Crippen LogP contribution is -2.28. The number of rotatable bonds is 4. The monoisotopic (exact) mass is 273 g/mol. The van der Waals surface area contributed by atoms with Crippen LogP contribution in [-0.2, 0) is 12.8 Å². The molecule has 2 aliphatic rings. The Morgan fingerprint density at radius 3 is 2.95 bits per heavy atom. The van der Waals surface area contributed by atoms with Crippen molar-refractivity contribution in [2.45, 2.75) is 58.3 Å². The van der Waals surface area contributed by atoms with Crippen LogP contribution in [0.25, 0.3) is 0 Å². The third-order valence-electron chi connectivity index (χ3n) is 5.01. The Morgan fingerprint density at radius 2 is 2.20 bits per heavy atom. The van der Waals surface area contributed by atoms with Crippen molar-refractivity contribution in [1.29, 1.82) is 0 Å². The van der Waals surface area contributed by atoms with Gasteiger partial charge in [0.15, 0.2) is 0 Å². The molecule has 2 aliphatic carbocycles. The van der Waals surface area contributed by atoms with Crippen LogP contribution in [0, 0.1) is 11.8 Å². The molecule has 1 saturated carbocycles.